The fourth-order valence-corrected chi connectivity index (χ4v) is 3.53. The fraction of sp³-hybridized carbons (Fsp3) is 0.611. The molecule has 2 fully saturated rings. The van der Waals surface area contributed by atoms with E-state index in [0.29, 0.717) is 11.8 Å². The molecule has 4 nitrogen and oxygen atoms in total. The van der Waals surface area contributed by atoms with E-state index >= 15 is 0 Å². The lowest BCUT2D eigenvalue weighted by Gasteiger charge is -2.27. The van der Waals surface area contributed by atoms with Gasteiger partial charge in [0, 0.05) is 38.3 Å². The molecule has 2 aliphatic heterocycles. The van der Waals surface area contributed by atoms with Crippen molar-refractivity contribution >= 4 is 11.6 Å². The first-order chi connectivity index (χ1) is 10.8. The van der Waals surface area contributed by atoms with Crippen LogP contribution in [0.25, 0.3) is 0 Å². The second-order valence-electron chi connectivity index (χ2n) is 6.45. The number of rotatable bonds is 3. The van der Waals surface area contributed by atoms with Crippen LogP contribution in [0.4, 0.5) is 5.69 Å². The molecule has 0 aromatic heterocycles. The van der Waals surface area contributed by atoms with Gasteiger partial charge in [-0.2, -0.15) is 0 Å². The zero-order chi connectivity index (χ0) is 15.2. The Kier molecular flexibility index (Phi) is 5.33. The standard InChI is InChI=1S/C18H27N3O/c22-18(15-16-7-9-19-10-8-16)21-12-4-11-20(13-14-21)17-5-2-1-3-6-17/h1-3,5-6,16,19H,4,7-15H2. The average Bonchev–Trinajstić information content (AvgIpc) is 2.83. The summed E-state index contributed by atoms with van der Waals surface area (Å²) in [6.45, 7) is 5.90. The van der Waals surface area contributed by atoms with Crippen LogP contribution in [0.2, 0.25) is 0 Å². The van der Waals surface area contributed by atoms with E-state index in [9.17, 15) is 4.79 Å². The summed E-state index contributed by atoms with van der Waals surface area (Å²) in [5, 5.41) is 3.37. The van der Waals surface area contributed by atoms with Crippen LogP contribution in [0, 0.1) is 5.92 Å². The van der Waals surface area contributed by atoms with Crippen molar-refractivity contribution in [3.05, 3.63) is 30.3 Å². The second-order valence-corrected chi connectivity index (χ2v) is 6.45. The minimum atomic E-state index is 0.363. The SMILES string of the molecule is O=C(CC1CCNCC1)N1CCCN(c2ccccc2)CC1. The van der Waals surface area contributed by atoms with E-state index in [4.69, 9.17) is 0 Å². The van der Waals surface area contributed by atoms with Crippen molar-refractivity contribution in [2.45, 2.75) is 25.7 Å². The maximum absolute atomic E-state index is 12.5. The Morgan fingerprint density at radius 1 is 1.05 bits per heavy atom. The summed E-state index contributed by atoms with van der Waals surface area (Å²) < 4.78 is 0. The van der Waals surface area contributed by atoms with Crippen molar-refractivity contribution in [1.29, 1.82) is 0 Å². The van der Waals surface area contributed by atoms with Crippen molar-refractivity contribution in [1.82, 2.24) is 10.2 Å². The third-order valence-electron chi connectivity index (χ3n) is 4.89. The van der Waals surface area contributed by atoms with Gasteiger partial charge in [-0.15, -0.1) is 0 Å². The van der Waals surface area contributed by atoms with E-state index in [0.717, 1.165) is 65.0 Å². The van der Waals surface area contributed by atoms with E-state index in [1.807, 2.05) is 0 Å². The van der Waals surface area contributed by atoms with Gasteiger partial charge in [-0.3, -0.25) is 4.79 Å². The Morgan fingerprint density at radius 3 is 2.59 bits per heavy atom. The highest BCUT2D eigenvalue weighted by atomic mass is 16.2. The number of anilines is 1. The molecule has 3 rings (SSSR count). The first-order valence-corrected chi connectivity index (χ1v) is 8.61. The Morgan fingerprint density at radius 2 is 1.82 bits per heavy atom. The normalized spacial score (nSPS) is 20.7. The van der Waals surface area contributed by atoms with Crippen LogP contribution in [-0.4, -0.2) is 50.1 Å². The minimum Gasteiger partial charge on any atom is -0.370 e. The number of amides is 1. The van der Waals surface area contributed by atoms with Crippen LogP contribution in [-0.2, 0) is 4.79 Å². The number of para-hydroxylation sites is 1. The van der Waals surface area contributed by atoms with Crippen molar-refractivity contribution in [3.8, 4) is 0 Å². The molecule has 1 aromatic carbocycles. The molecule has 1 aromatic rings. The maximum atomic E-state index is 12.5. The zero-order valence-corrected chi connectivity index (χ0v) is 13.3. The van der Waals surface area contributed by atoms with E-state index in [1.54, 1.807) is 0 Å². The molecule has 0 bridgehead atoms. The number of nitrogens with one attached hydrogen (secondary N) is 1. The zero-order valence-electron chi connectivity index (χ0n) is 13.3. The van der Waals surface area contributed by atoms with Gasteiger partial charge in [0.25, 0.3) is 0 Å². The second kappa shape index (κ2) is 7.63. The summed E-state index contributed by atoms with van der Waals surface area (Å²) in [6.07, 6.45) is 4.10. The molecule has 2 aliphatic rings. The topological polar surface area (TPSA) is 35.6 Å². The Hall–Kier alpha value is -1.55. The lowest BCUT2D eigenvalue weighted by molar-refractivity contribution is -0.132. The van der Waals surface area contributed by atoms with Crippen molar-refractivity contribution in [2.75, 3.05) is 44.2 Å². The number of benzene rings is 1. The molecule has 2 heterocycles. The smallest absolute Gasteiger partial charge is 0.222 e. The van der Waals surface area contributed by atoms with Gasteiger partial charge in [0.15, 0.2) is 0 Å². The Bertz CT molecular complexity index is 470. The molecule has 4 heteroatoms. The highest BCUT2D eigenvalue weighted by Gasteiger charge is 2.23. The van der Waals surface area contributed by atoms with Crippen molar-refractivity contribution < 1.29 is 4.79 Å². The molecule has 1 amide bonds. The molecule has 0 aliphatic carbocycles. The highest BCUT2D eigenvalue weighted by Crippen LogP contribution is 2.19. The van der Waals surface area contributed by atoms with Crippen molar-refractivity contribution in [3.63, 3.8) is 0 Å². The van der Waals surface area contributed by atoms with Gasteiger partial charge in [-0.25, -0.2) is 0 Å². The van der Waals surface area contributed by atoms with E-state index in [-0.39, 0.29) is 0 Å². The summed E-state index contributed by atoms with van der Waals surface area (Å²) >= 11 is 0. The highest BCUT2D eigenvalue weighted by molar-refractivity contribution is 5.76. The Balaban J connectivity index is 1.52. The van der Waals surface area contributed by atoms with Crippen LogP contribution < -0.4 is 10.2 Å². The number of piperidine rings is 1. The van der Waals surface area contributed by atoms with Crippen LogP contribution in [0.1, 0.15) is 25.7 Å². The third kappa shape index (κ3) is 4.01. The summed E-state index contributed by atoms with van der Waals surface area (Å²) in [5.74, 6) is 0.948. The van der Waals surface area contributed by atoms with Gasteiger partial charge in [-0.1, -0.05) is 18.2 Å². The van der Waals surface area contributed by atoms with Gasteiger partial charge in [0.1, 0.15) is 0 Å². The van der Waals surface area contributed by atoms with E-state index < -0.39 is 0 Å². The number of hydrogen-bond acceptors (Lipinski definition) is 3. The fourth-order valence-electron chi connectivity index (χ4n) is 3.53. The molecule has 120 valence electrons. The van der Waals surface area contributed by atoms with Crippen LogP contribution >= 0.6 is 0 Å². The lowest BCUT2D eigenvalue weighted by atomic mass is 9.94. The lowest BCUT2D eigenvalue weighted by Crippen LogP contribution is -2.37. The van der Waals surface area contributed by atoms with Crippen LogP contribution in [0.15, 0.2) is 30.3 Å². The maximum Gasteiger partial charge on any atom is 0.222 e. The third-order valence-corrected chi connectivity index (χ3v) is 4.89. The Labute approximate surface area is 133 Å². The van der Waals surface area contributed by atoms with Crippen LogP contribution in [0.3, 0.4) is 0 Å². The number of nitrogens with zero attached hydrogens (tertiary/aromatic N) is 2. The summed E-state index contributed by atoms with van der Waals surface area (Å²) in [5.41, 5.74) is 1.27. The molecular formula is C18H27N3O. The van der Waals surface area contributed by atoms with Gasteiger partial charge < -0.3 is 15.1 Å². The molecule has 0 saturated carbocycles. The van der Waals surface area contributed by atoms with Gasteiger partial charge >= 0.3 is 0 Å². The quantitative estimate of drug-likeness (QED) is 0.929. The summed E-state index contributed by atoms with van der Waals surface area (Å²) in [7, 11) is 0. The van der Waals surface area contributed by atoms with E-state index in [2.05, 4.69) is 45.4 Å². The number of hydrogen-bond donors (Lipinski definition) is 1. The summed E-state index contributed by atoms with van der Waals surface area (Å²) in [6, 6.07) is 10.5. The molecular weight excluding hydrogens is 274 g/mol. The molecule has 2 saturated heterocycles. The molecule has 22 heavy (non-hydrogen) atoms. The van der Waals surface area contributed by atoms with Crippen LogP contribution in [0.5, 0.6) is 0 Å². The average molecular weight is 301 g/mol. The van der Waals surface area contributed by atoms with Gasteiger partial charge in [0.05, 0.1) is 0 Å². The first kappa shape index (κ1) is 15.3. The molecule has 0 radical (unpaired) electrons. The molecule has 1 N–H and O–H groups in total. The molecule has 0 unspecified atom stereocenters. The number of carbonyl (C=O) groups is 1. The number of carbonyl (C=O) groups excluding carboxylic acids is 1. The predicted molar refractivity (Wildman–Crippen MR) is 90.1 cm³/mol. The largest absolute Gasteiger partial charge is 0.370 e. The van der Waals surface area contributed by atoms with Crippen molar-refractivity contribution in [2.24, 2.45) is 5.92 Å². The first-order valence-electron chi connectivity index (χ1n) is 8.61. The van der Waals surface area contributed by atoms with Gasteiger partial charge in [-0.05, 0) is 50.4 Å². The van der Waals surface area contributed by atoms with Gasteiger partial charge in [0.2, 0.25) is 5.91 Å². The van der Waals surface area contributed by atoms with E-state index in [1.165, 1.54) is 5.69 Å². The molecule has 0 spiro atoms. The predicted octanol–water partition coefficient (Wildman–Crippen LogP) is 2.11. The minimum absolute atomic E-state index is 0.363. The monoisotopic (exact) mass is 301 g/mol. The summed E-state index contributed by atoms with van der Waals surface area (Å²) in [4.78, 5) is 17.0. The molecule has 0 atom stereocenters.